The molecule has 0 saturated heterocycles. The van der Waals surface area contributed by atoms with Gasteiger partial charge < -0.3 is 4.90 Å². The van der Waals surface area contributed by atoms with E-state index in [2.05, 4.69) is 37.8 Å². The van der Waals surface area contributed by atoms with Crippen molar-refractivity contribution in [2.45, 2.75) is 123 Å². The molecule has 150 valence electrons. The Kier molecular flexibility index (Phi) is 19.4. The molecule has 0 amide bonds. The molecular weight excluding hydrogens is 304 g/mol. The Balaban J connectivity index is 3.17. The SMILES string of the molecule is CCCCCCCCCCCCCCCCCCN=C(CC)N(C)C. The van der Waals surface area contributed by atoms with Crippen molar-refractivity contribution in [2.24, 2.45) is 4.99 Å². The van der Waals surface area contributed by atoms with E-state index in [1.54, 1.807) is 0 Å². The van der Waals surface area contributed by atoms with Gasteiger partial charge in [0.1, 0.15) is 0 Å². The highest BCUT2D eigenvalue weighted by Crippen LogP contribution is 2.13. The minimum atomic E-state index is 1.01. The van der Waals surface area contributed by atoms with E-state index in [9.17, 15) is 0 Å². The van der Waals surface area contributed by atoms with Crippen LogP contribution in [0.15, 0.2) is 4.99 Å². The first-order chi connectivity index (χ1) is 12.2. The lowest BCUT2D eigenvalue weighted by Crippen LogP contribution is -2.21. The van der Waals surface area contributed by atoms with Gasteiger partial charge in [-0.25, -0.2) is 0 Å². The van der Waals surface area contributed by atoms with E-state index < -0.39 is 0 Å². The fourth-order valence-electron chi connectivity index (χ4n) is 3.44. The second-order valence-electron chi connectivity index (χ2n) is 7.85. The van der Waals surface area contributed by atoms with E-state index in [1.165, 1.54) is 109 Å². The number of hydrogen-bond donors (Lipinski definition) is 0. The predicted octanol–water partition coefficient (Wildman–Crippen LogP) is 7.62. The second-order valence-corrected chi connectivity index (χ2v) is 7.85. The van der Waals surface area contributed by atoms with Crippen molar-refractivity contribution in [2.75, 3.05) is 20.6 Å². The van der Waals surface area contributed by atoms with Gasteiger partial charge in [-0.1, -0.05) is 110 Å². The molecule has 0 aliphatic heterocycles. The average molecular weight is 353 g/mol. The van der Waals surface area contributed by atoms with Crippen molar-refractivity contribution in [3.63, 3.8) is 0 Å². The molecule has 0 bridgehead atoms. The first kappa shape index (κ1) is 24.5. The molecule has 0 saturated carbocycles. The normalized spacial score (nSPS) is 11.9. The van der Waals surface area contributed by atoms with Gasteiger partial charge >= 0.3 is 0 Å². The van der Waals surface area contributed by atoms with Crippen molar-refractivity contribution in [3.05, 3.63) is 0 Å². The lowest BCUT2D eigenvalue weighted by atomic mass is 10.0. The highest BCUT2D eigenvalue weighted by atomic mass is 15.1. The molecule has 0 aromatic carbocycles. The minimum absolute atomic E-state index is 1.01. The molecule has 0 aromatic rings. The van der Waals surface area contributed by atoms with Gasteiger partial charge in [-0.2, -0.15) is 0 Å². The summed E-state index contributed by atoms with van der Waals surface area (Å²) in [6.07, 6.45) is 23.9. The summed E-state index contributed by atoms with van der Waals surface area (Å²) in [5.41, 5.74) is 0. The van der Waals surface area contributed by atoms with Gasteiger partial charge in [-0.15, -0.1) is 0 Å². The van der Waals surface area contributed by atoms with Crippen molar-refractivity contribution < 1.29 is 0 Å². The molecule has 0 N–H and O–H groups in total. The van der Waals surface area contributed by atoms with Crippen LogP contribution in [0, 0.1) is 0 Å². The van der Waals surface area contributed by atoms with Crippen LogP contribution in [0.5, 0.6) is 0 Å². The summed E-state index contributed by atoms with van der Waals surface area (Å²) in [6, 6.07) is 0. The Morgan fingerprint density at radius 3 is 1.24 bits per heavy atom. The highest BCUT2D eigenvalue weighted by molar-refractivity contribution is 5.81. The third-order valence-corrected chi connectivity index (χ3v) is 5.14. The van der Waals surface area contributed by atoms with Crippen LogP contribution in [0.3, 0.4) is 0 Å². The Morgan fingerprint density at radius 1 is 0.560 bits per heavy atom. The summed E-state index contributed by atoms with van der Waals surface area (Å²) in [7, 11) is 4.19. The number of nitrogens with zero attached hydrogens (tertiary/aromatic N) is 2. The van der Waals surface area contributed by atoms with E-state index in [1.807, 2.05) is 0 Å². The molecule has 0 heterocycles. The van der Waals surface area contributed by atoms with Crippen LogP contribution in [0.2, 0.25) is 0 Å². The predicted molar refractivity (Wildman–Crippen MR) is 116 cm³/mol. The molecule has 0 aliphatic carbocycles. The minimum Gasteiger partial charge on any atom is -0.367 e. The van der Waals surface area contributed by atoms with Crippen molar-refractivity contribution in [1.29, 1.82) is 0 Å². The van der Waals surface area contributed by atoms with Crippen LogP contribution >= 0.6 is 0 Å². The summed E-state index contributed by atoms with van der Waals surface area (Å²) in [5, 5.41) is 0. The average Bonchev–Trinajstić information content (AvgIpc) is 2.60. The van der Waals surface area contributed by atoms with Crippen LogP contribution in [0.4, 0.5) is 0 Å². The first-order valence-corrected chi connectivity index (χ1v) is 11.4. The Morgan fingerprint density at radius 2 is 0.920 bits per heavy atom. The molecule has 2 heteroatoms. The molecule has 0 spiro atoms. The molecule has 0 rings (SSSR count). The van der Waals surface area contributed by atoms with Crippen LogP contribution < -0.4 is 0 Å². The van der Waals surface area contributed by atoms with E-state index in [0.29, 0.717) is 0 Å². The van der Waals surface area contributed by atoms with E-state index in [0.717, 1.165) is 13.0 Å². The van der Waals surface area contributed by atoms with Crippen LogP contribution in [-0.4, -0.2) is 31.4 Å². The van der Waals surface area contributed by atoms with Crippen LogP contribution in [0.1, 0.15) is 123 Å². The summed E-state index contributed by atoms with van der Waals surface area (Å²) in [4.78, 5) is 6.83. The largest absolute Gasteiger partial charge is 0.367 e. The molecule has 25 heavy (non-hydrogen) atoms. The summed E-state index contributed by atoms with van der Waals surface area (Å²) in [6.45, 7) is 5.50. The van der Waals surface area contributed by atoms with Gasteiger partial charge in [0, 0.05) is 27.1 Å². The van der Waals surface area contributed by atoms with Gasteiger partial charge in [0.15, 0.2) is 0 Å². The maximum Gasteiger partial charge on any atom is 0.0980 e. The Bertz CT molecular complexity index is 284. The lowest BCUT2D eigenvalue weighted by molar-refractivity contribution is 0.529. The summed E-state index contributed by atoms with van der Waals surface area (Å²) < 4.78 is 0. The molecule has 0 fully saturated rings. The molecule has 0 aromatic heterocycles. The molecule has 0 aliphatic rings. The maximum atomic E-state index is 4.69. The highest BCUT2D eigenvalue weighted by Gasteiger charge is 1.97. The van der Waals surface area contributed by atoms with Crippen molar-refractivity contribution >= 4 is 5.84 Å². The fraction of sp³-hybridized carbons (Fsp3) is 0.957. The van der Waals surface area contributed by atoms with Crippen LogP contribution in [-0.2, 0) is 0 Å². The number of unbranched alkanes of at least 4 members (excludes halogenated alkanes) is 15. The molecular formula is C23H48N2. The van der Waals surface area contributed by atoms with Gasteiger partial charge in [0.2, 0.25) is 0 Å². The number of amidine groups is 1. The maximum absolute atomic E-state index is 4.69. The Labute approximate surface area is 159 Å². The lowest BCUT2D eigenvalue weighted by Gasteiger charge is -2.13. The zero-order valence-electron chi connectivity index (χ0n) is 18.1. The number of hydrogen-bond acceptors (Lipinski definition) is 1. The van der Waals surface area contributed by atoms with E-state index >= 15 is 0 Å². The number of rotatable bonds is 18. The second kappa shape index (κ2) is 19.8. The standard InChI is InChI=1S/C23H48N2/c1-5-7-8-9-10-11-12-13-14-15-16-17-18-19-20-21-22-24-23(6-2)25(3)4/h5-22H2,1-4H3. The van der Waals surface area contributed by atoms with E-state index in [-0.39, 0.29) is 0 Å². The third-order valence-electron chi connectivity index (χ3n) is 5.14. The summed E-state index contributed by atoms with van der Waals surface area (Å²) in [5.74, 6) is 1.24. The van der Waals surface area contributed by atoms with Crippen LogP contribution in [0.25, 0.3) is 0 Å². The summed E-state index contributed by atoms with van der Waals surface area (Å²) >= 11 is 0. The Hall–Kier alpha value is -0.530. The third kappa shape index (κ3) is 18.1. The van der Waals surface area contributed by atoms with Crippen molar-refractivity contribution in [3.8, 4) is 0 Å². The van der Waals surface area contributed by atoms with E-state index in [4.69, 9.17) is 0 Å². The fourth-order valence-corrected chi connectivity index (χ4v) is 3.44. The van der Waals surface area contributed by atoms with Gasteiger partial charge in [-0.3, -0.25) is 4.99 Å². The first-order valence-electron chi connectivity index (χ1n) is 11.4. The zero-order valence-corrected chi connectivity index (χ0v) is 18.1. The monoisotopic (exact) mass is 352 g/mol. The van der Waals surface area contributed by atoms with Gasteiger partial charge in [0.25, 0.3) is 0 Å². The molecule has 0 atom stereocenters. The molecule has 0 unspecified atom stereocenters. The smallest absolute Gasteiger partial charge is 0.0980 e. The number of aliphatic imine (C=N–C) groups is 1. The zero-order chi connectivity index (χ0) is 18.6. The quantitative estimate of drug-likeness (QED) is 0.141. The topological polar surface area (TPSA) is 15.6 Å². The van der Waals surface area contributed by atoms with Gasteiger partial charge in [0.05, 0.1) is 5.84 Å². The molecule has 2 nitrogen and oxygen atoms in total. The van der Waals surface area contributed by atoms with Gasteiger partial charge in [-0.05, 0) is 6.42 Å². The van der Waals surface area contributed by atoms with Crippen molar-refractivity contribution in [1.82, 2.24) is 4.90 Å². The molecule has 0 radical (unpaired) electrons.